The molecule has 4 nitrogen and oxygen atoms in total. The molecule has 0 bridgehead atoms. The monoisotopic (exact) mass is 365 g/mol. The molecule has 6 heteroatoms. The summed E-state index contributed by atoms with van der Waals surface area (Å²) in [5, 5.41) is 3.97. The molecule has 1 aliphatic rings. The highest BCUT2D eigenvalue weighted by Gasteiger charge is 2.28. The third-order valence-electron chi connectivity index (χ3n) is 4.21. The van der Waals surface area contributed by atoms with Crippen LogP contribution in [0.15, 0.2) is 22.6 Å². The third-order valence-corrected chi connectivity index (χ3v) is 4.79. The zero-order valence-electron chi connectivity index (χ0n) is 13.2. The minimum atomic E-state index is -0.306. The van der Waals surface area contributed by atoms with Gasteiger partial charge in [0, 0.05) is 35.0 Å². The Morgan fingerprint density at radius 3 is 2.79 bits per heavy atom. The van der Waals surface area contributed by atoms with Crippen LogP contribution in [-0.2, 0) is 12.8 Å². The van der Waals surface area contributed by atoms with Gasteiger partial charge in [-0.05, 0) is 37.5 Å². The highest BCUT2D eigenvalue weighted by atomic mass is 35.5. The Kier molecular flexibility index (Phi) is 4.97. The zero-order valence-corrected chi connectivity index (χ0v) is 14.8. The molecule has 24 heavy (non-hydrogen) atoms. The molecule has 0 unspecified atom stereocenters. The van der Waals surface area contributed by atoms with Gasteiger partial charge in [0.25, 0.3) is 5.91 Å². The first-order valence-corrected chi connectivity index (χ1v) is 8.60. The first kappa shape index (κ1) is 17.1. The second-order valence-electron chi connectivity index (χ2n) is 5.87. The van der Waals surface area contributed by atoms with Crippen LogP contribution < -0.4 is 5.32 Å². The van der Waals surface area contributed by atoms with Crippen LogP contribution >= 0.6 is 23.2 Å². The van der Waals surface area contributed by atoms with Crippen molar-refractivity contribution in [2.75, 3.05) is 6.54 Å². The molecule has 1 aromatic carbocycles. The predicted molar refractivity (Wildman–Crippen MR) is 93.2 cm³/mol. The van der Waals surface area contributed by atoms with Gasteiger partial charge in [-0.2, -0.15) is 0 Å². The molecular formula is C18H17Cl2NO3. The van der Waals surface area contributed by atoms with Gasteiger partial charge in [0.15, 0.2) is 11.5 Å². The molecule has 126 valence electrons. The van der Waals surface area contributed by atoms with Crippen LogP contribution in [0.5, 0.6) is 0 Å². The number of aryl methyl sites for hydroxylation is 1. The van der Waals surface area contributed by atoms with Crippen molar-refractivity contribution in [2.45, 2.75) is 32.6 Å². The van der Waals surface area contributed by atoms with Gasteiger partial charge in [0.05, 0.1) is 5.56 Å². The van der Waals surface area contributed by atoms with Crippen LogP contribution in [0.2, 0.25) is 10.0 Å². The molecule has 0 radical (unpaired) electrons. The molecule has 0 spiro atoms. The summed E-state index contributed by atoms with van der Waals surface area (Å²) in [7, 11) is 0. The van der Waals surface area contributed by atoms with Gasteiger partial charge in [-0.15, -0.1) is 0 Å². The fourth-order valence-electron chi connectivity index (χ4n) is 2.98. The van der Waals surface area contributed by atoms with E-state index in [1.165, 1.54) is 0 Å². The maximum atomic E-state index is 12.3. The molecule has 0 fully saturated rings. The first-order chi connectivity index (χ1) is 11.5. The molecule has 1 aliphatic carbocycles. The van der Waals surface area contributed by atoms with Gasteiger partial charge in [-0.1, -0.05) is 29.3 Å². The van der Waals surface area contributed by atoms with Gasteiger partial charge in [0.2, 0.25) is 0 Å². The second kappa shape index (κ2) is 6.99. The smallest absolute Gasteiger partial charge is 0.287 e. The van der Waals surface area contributed by atoms with Crippen LogP contribution in [-0.4, -0.2) is 18.2 Å². The molecule has 0 saturated heterocycles. The summed E-state index contributed by atoms with van der Waals surface area (Å²) < 4.78 is 5.63. The minimum absolute atomic E-state index is 0.0597. The number of fused-ring (bicyclic) bond motifs is 1. The van der Waals surface area contributed by atoms with Gasteiger partial charge in [-0.25, -0.2) is 0 Å². The molecule has 2 aromatic rings. The van der Waals surface area contributed by atoms with Crippen LogP contribution in [0.25, 0.3) is 0 Å². The normalized spacial score (nSPS) is 13.7. The molecular weight excluding hydrogens is 349 g/mol. The summed E-state index contributed by atoms with van der Waals surface area (Å²) in [5.41, 5.74) is 2.14. The van der Waals surface area contributed by atoms with Gasteiger partial charge in [0.1, 0.15) is 5.76 Å². The quantitative estimate of drug-likeness (QED) is 0.873. The number of furan rings is 1. The van der Waals surface area contributed by atoms with Gasteiger partial charge >= 0.3 is 0 Å². The third kappa shape index (κ3) is 3.35. The topological polar surface area (TPSA) is 59.3 Å². The Hall–Kier alpha value is -1.78. The Balaban J connectivity index is 1.66. The maximum absolute atomic E-state index is 12.3. The summed E-state index contributed by atoms with van der Waals surface area (Å²) in [6.45, 7) is 2.18. The number of hydrogen-bond acceptors (Lipinski definition) is 3. The largest absolute Gasteiger partial charge is 0.455 e. The van der Waals surface area contributed by atoms with Crippen molar-refractivity contribution in [3.63, 3.8) is 0 Å². The lowest BCUT2D eigenvalue weighted by Gasteiger charge is -2.07. The van der Waals surface area contributed by atoms with Crippen molar-refractivity contribution in [3.8, 4) is 0 Å². The number of Topliss-reactive ketones (excluding diaryl/α,β-unsaturated/α-hetero) is 1. The van der Waals surface area contributed by atoms with E-state index >= 15 is 0 Å². The SMILES string of the molecule is Cc1c(C(=O)NCCc2ccc(Cl)cc2Cl)oc2c1C(=O)CCC2. The van der Waals surface area contributed by atoms with Crippen molar-refractivity contribution < 1.29 is 14.0 Å². The van der Waals surface area contributed by atoms with E-state index in [-0.39, 0.29) is 17.5 Å². The highest BCUT2D eigenvalue weighted by Crippen LogP contribution is 2.29. The molecule has 1 heterocycles. The number of rotatable bonds is 4. The molecule has 1 amide bonds. The molecule has 0 aliphatic heterocycles. The number of benzene rings is 1. The van der Waals surface area contributed by atoms with Crippen LogP contribution in [0.3, 0.4) is 0 Å². The van der Waals surface area contributed by atoms with Crippen molar-refractivity contribution >= 4 is 34.9 Å². The zero-order chi connectivity index (χ0) is 17.3. The van der Waals surface area contributed by atoms with E-state index in [4.69, 9.17) is 27.6 Å². The number of nitrogens with one attached hydrogen (secondary N) is 1. The van der Waals surface area contributed by atoms with Crippen LogP contribution in [0.1, 0.15) is 50.6 Å². The predicted octanol–water partition coefficient (Wildman–Crippen LogP) is 4.39. The standard InChI is InChI=1S/C18H17Cl2NO3/c1-10-16-14(22)3-2-4-15(16)24-17(10)18(23)21-8-7-11-5-6-12(19)9-13(11)20/h5-6,9H,2-4,7-8H2,1H3,(H,21,23). The van der Waals surface area contributed by atoms with Crippen molar-refractivity contribution in [1.29, 1.82) is 0 Å². The fourth-order valence-corrected chi connectivity index (χ4v) is 3.48. The van der Waals surface area contributed by atoms with Crippen molar-refractivity contribution in [1.82, 2.24) is 5.32 Å². The minimum Gasteiger partial charge on any atom is -0.455 e. The van der Waals surface area contributed by atoms with E-state index < -0.39 is 0 Å². The Morgan fingerprint density at radius 1 is 1.29 bits per heavy atom. The lowest BCUT2D eigenvalue weighted by atomic mass is 9.94. The molecule has 3 rings (SSSR count). The number of carbonyl (C=O) groups is 2. The highest BCUT2D eigenvalue weighted by molar-refractivity contribution is 6.35. The number of hydrogen-bond donors (Lipinski definition) is 1. The van der Waals surface area contributed by atoms with E-state index in [2.05, 4.69) is 5.32 Å². The number of ketones is 1. The van der Waals surface area contributed by atoms with Crippen LogP contribution in [0.4, 0.5) is 0 Å². The number of carbonyl (C=O) groups excluding carboxylic acids is 2. The van der Waals surface area contributed by atoms with E-state index in [1.54, 1.807) is 19.1 Å². The van der Waals surface area contributed by atoms with Gasteiger partial charge < -0.3 is 9.73 Å². The number of amides is 1. The average molecular weight is 366 g/mol. The van der Waals surface area contributed by atoms with Gasteiger partial charge in [-0.3, -0.25) is 9.59 Å². The number of halogens is 2. The maximum Gasteiger partial charge on any atom is 0.287 e. The molecule has 1 N–H and O–H groups in total. The fraction of sp³-hybridized carbons (Fsp3) is 0.333. The first-order valence-electron chi connectivity index (χ1n) is 7.85. The summed E-state index contributed by atoms with van der Waals surface area (Å²) >= 11 is 12.0. The molecule has 0 saturated carbocycles. The van der Waals surface area contributed by atoms with E-state index in [1.807, 2.05) is 6.07 Å². The summed E-state index contributed by atoms with van der Waals surface area (Å²) in [5.74, 6) is 0.622. The Morgan fingerprint density at radius 2 is 2.08 bits per heavy atom. The van der Waals surface area contributed by atoms with E-state index in [0.717, 1.165) is 12.0 Å². The van der Waals surface area contributed by atoms with E-state index in [0.29, 0.717) is 52.7 Å². The summed E-state index contributed by atoms with van der Waals surface area (Å²) in [6, 6.07) is 5.28. The Labute approximate surface area is 150 Å². The van der Waals surface area contributed by atoms with Crippen molar-refractivity contribution in [3.05, 3.63) is 56.5 Å². The summed E-state index contributed by atoms with van der Waals surface area (Å²) in [6.07, 6.45) is 2.58. The Bertz CT molecular complexity index is 811. The average Bonchev–Trinajstić information content (AvgIpc) is 2.88. The lowest BCUT2D eigenvalue weighted by Crippen LogP contribution is -2.26. The second-order valence-corrected chi connectivity index (χ2v) is 6.72. The van der Waals surface area contributed by atoms with Crippen molar-refractivity contribution in [2.24, 2.45) is 0 Å². The molecule has 1 aromatic heterocycles. The summed E-state index contributed by atoms with van der Waals surface area (Å²) in [4.78, 5) is 24.3. The van der Waals surface area contributed by atoms with E-state index in [9.17, 15) is 9.59 Å². The lowest BCUT2D eigenvalue weighted by molar-refractivity contribution is 0.0920. The molecule has 0 atom stereocenters. The van der Waals surface area contributed by atoms with Crippen LogP contribution in [0, 0.1) is 6.92 Å².